The summed E-state index contributed by atoms with van der Waals surface area (Å²) in [5.41, 5.74) is 0.831. The molecule has 1 rings (SSSR count). The summed E-state index contributed by atoms with van der Waals surface area (Å²) in [4.78, 5) is 34.1. The van der Waals surface area contributed by atoms with Gasteiger partial charge in [-0.15, -0.1) is 0 Å². The lowest BCUT2D eigenvalue weighted by molar-refractivity contribution is -0.120. The predicted octanol–water partition coefficient (Wildman–Crippen LogP) is 1.34. The highest BCUT2D eigenvalue weighted by Gasteiger charge is 2.14. The Bertz CT molecular complexity index is 543. The number of rotatable bonds is 6. The van der Waals surface area contributed by atoms with Crippen molar-refractivity contribution in [1.82, 2.24) is 10.6 Å². The highest BCUT2D eigenvalue weighted by atomic mass is 16.4. The highest BCUT2D eigenvalue weighted by Crippen LogP contribution is 2.19. The molecule has 7 nitrogen and oxygen atoms in total. The van der Waals surface area contributed by atoms with Gasteiger partial charge in [0.25, 0.3) is 0 Å². The Kier molecular flexibility index (Phi) is 6.19. The molecule has 0 saturated carbocycles. The molecule has 0 spiro atoms. The molecule has 0 aliphatic rings. The molecule has 0 heterocycles. The van der Waals surface area contributed by atoms with Crippen LogP contribution >= 0.6 is 0 Å². The van der Waals surface area contributed by atoms with Crippen molar-refractivity contribution in [2.24, 2.45) is 0 Å². The third-order valence-electron chi connectivity index (χ3n) is 2.75. The fourth-order valence-corrected chi connectivity index (χ4v) is 1.80. The van der Waals surface area contributed by atoms with Crippen molar-refractivity contribution in [3.8, 4) is 0 Å². The zero-order valence-corrected chi connectivity index (χ0v) is 12.0. The molecule has 0 aliphatic heterocycles. The van der Waals surface area contributed by atoms with Gasteiger partial charge in [-0.05, 0) is 25.5 Å². The first-order valence-electron chi connectivity index (χ1n) is 6.60. The molecule has 0 aromatic heterocycles. The highest BCUT2D eigenvalue weighted by molar-refractivity contribution is 6.01. The maximum Gasteiger partial charge on any atom is 0.338 e. The van der Waals surface area contributed by atoms with Crippen molar-refractivity contribution in [1.29, 1.82) is 0 Å². The Morgan fingerprint density at radius 3 is 2.52 bits per heavy atom. The van der Waals surface area contributed by atoms with Gasteiger partial charge in [0.2, 0.25) is 5.91 Å². The number of aryl methyl sites for hydroxylation is 1. The normalized spacial score (nSPS) is 9.81. The van der Waals surface area contributed by atoms with E-state index in [-0.39, 0.29) is 30.1 Å². The largest absolute Gasteiger partial charge is 0.478 e. The Hall–Kier alpha value is -2.57. The van der Waals surface area contributed by atoms with Crippen LogP contribution in [0.3, 0.4) is 0 Å². The SMILES string of the molecule is CCNC(=O)CCNC(=O)Nc1cccc(C)c1C(=O)O. The Morgan fingerprint density at radius 1 is 1.19 bits per heavy atom. The number of anilines is 1. The maximum atomic E-state index is 11.7. The van der Waals surface area contributed by atoms with Gasteiger partial charge >= 0.3 is 12.0 Å². The van der Waals surface area contributed by atoms with E-state index < -0.39 is 12.0 Å². The molecule has 0 bridgehead atoms. The number of nitrogens with one attached hydrogen (secondary N) is 3. The van der Waals surface area contributed by atoms with Crippen LogP contribution in [0.4, 0.5) is 10.5 Å². The van der Waals surface area contributed by atoms with Crippen molar-refractivity contribution in [2.45, 2.75) is 20.3 Å². The second-order valence-electron chi connectivity index (χ2n) is 4.39. The number of aromatic carboxylic acids is 1. The smallest absolute Gasteiger partial charge is 0.338 e. The second-order valence-corrected chi connectivity index (χ2v) is 4.39. The number of carbonyl (C=O) groups excluding carboxylic acids is 2. The fraction of sp³-hybridized carbons (Fsp3) is 0.357. The van der Waals surface area contributed by atoms with Crippen molar-refractivity contribution in [3.63, 3.8) is 0 Å². The second kappa shape index (κ2) is 7.88. The summed E-state index contributed by atoms with van der Waals surface area (Å²) in [7, 11) is 0. The zero-order valence-electron chi connectivity index (χ0n) is 12.0. The summed E-state index contributed by atoms with van der Waals surface area (Å²) < 4.78 is 0. The Morgan fingerprint density at radius 2 is 1.90 bits per heavy atom. The van der Waals surface area contributed by atoms with E-state index in [0.717, 1.165) is 0 Å². The number of hydrogen-bond acceptors (Lipinski definition) is 3. The number of carboxylic acid groups (broad SMARTS) is 1. The molecule has 0 radical (unpaired) electrons. The van der Waals surface area contributed by atoms with Crippen LogP contribution in [0.5, 0.6) is 0 Å². The van der Waals surface area contributed by atoms with E-state index in [1.54, 1.807) is 19.1 Å². The number of hydrogen-bond donors (Lipinski definition) is 4. The summed E-state index contributed by atoms with van der Waals surface area (Å²) in [6.07, 6.45) is 0.168. The summed E-state index contributed by atoms with van der Waals surface area (Å²) in [5, 5.41) is 16.7. The molecule has 0 saturated heterocycles. The van der Waals surface area contributed by atoms with Crippen LogP contribution in [0.1, 0.15) is 29.3 Å². The van der Waals surface area contributed by atoms with Crippen molar-refractivity contribution < 1.29 is 19.5 Å². The van der Waals surface area contributed by atoms with E-state index >= 15 is 0 Å². The van der Waals surface area contributed by atoms with Crippen molar-refractivity contribution >= 4 is 23.6 Å². The average Bonchev–Trinajstić information content (AvgIpc) is 2.38. The van der Waals surface area contributed by atoms with Gasteiger partial charge in [-0.2, -0.15) is 0 Å². The van der Waals surface area contributed by atoms with Crippen LogP contribution in [0.25, 0.3) is 0 Å². The maximum absolute atomic E-state index is 11.7. The molecule has 3 amide bonds. The minimum absolute atomic E-state index is 0.0522. The van der Waals surface area contributed by atoms with Gasteiger partial charge in [0.05, 0.1) is 11.3 Å². The first-order valence-corrected chi connectivity index (χ1v) is 6.60. The van der Waals surface area contributed by atoms with Crippen LogP contribution in [0.15, 0.2) is 18.2 Å². The standard InChI is InChI=1S/C14H19N3O4/c1-3-15-11(18)7-8-16-14(21)17-10-6-4-5-9(2)12(10)13(19)20/h4-6H,3,7-8H2,1-2H3,(H,15,18)(H,19,20)(H2,16,17,21). The average molecular weight is 293 g/mol. The van der Waals surface area contributed by atoms with Crippen molar-refractivity contribution in [3.05, 3.63) is 29.3 Å². The van der Waals surface area contributed by atoms with Gasteiger partial charge in [0.1, 0.15) is 0 Å². The first-order chi connectivity index (χ1) is 9.95. The van der Waals surface area contributed by atoms with Gasteiger partial charge < -0.3 is 21.1 Å². The van der Waals surface area contributed by atoms with Gasteiger partial charge in [-0.3, -0.25) is 4.79 Å². The molecule has 1 aromatic rings. The molecule has 21 heavy (non-hydrogen) atoms. The summed E-state index contributed by atoms with van der Waals surface area (Å²) in [6, 6.07) is 4.28. The molecule has 0 unspecified atom stereocenters. The lowest BCUT2D eigenvalue weighted by Crippen LogP contribution is -2.33. The first kappa shape index (κ1) is 16.5. The predicted molar refractivity (Wildman–Crippen MR) is 78.5 cm³/mol. The third kappa shape index (κ3) is 5.13. The lowest BCUT2D eigenvalue weighted by atomic mass is 10.1. The van der Waals surface area contributed by atoms with Gasteiger partial charge in [-0.1, -0.05) is 12.1 Å². The van der Waals surface area contributed by atoms with Crippen LogP contribution in [0.2, 0.25) is 0 Å². The summed E-state index contributed by atoms with van der Waals surface area (Å²) in [5.74, 6) is -1.26. The van der Waals surface area contributed by atoms with E-state index in [9.17, 15) is 14.4 Å². The van der Waals surface area contributed by atoms with Crippen LogP contribution in [0, 0.1) is 6.92 Å². The fourth-order valence-electron chi connectivity index (χ4n) is 1.80. The van der Waals surface area contributed by atoms with E-state index in [1.807, 2.05) is 6.92 Å². The molecule has 4 N–H and O–H groups in total. The minimum atomic E-state index is -1.11. The number of urea groups is 1. The van der Waals surface area contributed by atoms with E-state index in [4.69, 9.17) is 5.11 Å². The third-order valence-corrected chi connectivity index (χ3v) is 2.75. The molecule has 7 heteroatoms. The number of amides is 3. The topological polar surface area (TPSA) is 108 Å². The molecule has 0 fully saturated rings. The quantitative estimate of drug-likeness (QED) is 0.634. The lowest BCUT2D eigenvalue weighted by Gasteiger charge is -2.11. The van der Waals surface area contributed by atoms with E-state index in [1.165, 1.54) is 6.07 Å². The Labute approximate surface area is 122 Å². The number of carboxylic acids is 1. The zero-order chi connectivity index (χ0) is 15.8. The van der Waals surface area contributed by atoms with Gasteiger partial charge in [-0.25, -0.2) is 9.59 Å². The van der Waals surface area contributed by atoms with Crippen LogP contribution in [-0.2, 0) is 4.79 Å². The number of carbonyl (C=O) groups is 3. The number of benzene rings is 1. The van der Waals surface area contributed by atoms with Gasteiger partial charge in [0, 0.05) is 19.5 Å². The minimum Gasteiger partial charge on any atom is -0.478 e. The molecule has 0 aliphatic carbocycles. The van der Waals surface area contributed by atoms with E-state index in [2.05, 4.69) is 16.0 Å². The molecular weight excluding hydrogens is 274 g/mol. The molecule has 1 aromatic carbocycles. The van der Waals surface area contributed by atoms with Crippen LogP contribution < -0.4 is 16.0 Å². The van der Waals surface area contributed by atoms with Gasteiger partial charge in [0.15, 0.2) is 0 Å². The monoisotopic (exact) mass is 293 g/mol. The van der Waals surface area contributed by atoms with Crippen molar-refractivity contribution in [2.75, 3.05) is 18.4 Å². The van der Waals surface area contributed by atoms with E-state index in [0.29, 0.717) is 12.1 Å². The summed E-state index contributed by atoms with van der Waals surface area (Å²) >= 11 is 0. The van der Waals surface area contributed by atoms with Crippen LogP contribution in [-0.4, -0.2) is 36.1 Å². The molecule has 0 atom stereocenters. The molecular formula is C14H19N3O4. The Balaban J connectivity index is 2.58. The molecule has 114 valence electrons. The summed E-state index contributed by atoms with van der Waals surface area (Å²) in [6.45, 7) is 4.17.